The summed E-state index contributed by atoms with van der Waals surface area (Å²) in [5.74, 6) is 1.13. The van der Waals surface area contributed by atoms with Gasteiger partial charge in [-0.25, -0.2) is 14.3 Å². The van der Waals surface area contributed by atoms with Gasteiger partial charge >= 0.3 is 0 Å². The van der Waals surface area contributed by atoms with Crippen LogP contribution in [0, 0.1) is 12.1 Å². The minimum Gasteiger partial charge on any atom is -0.358 e. The van der Waals surface area contributed by atoms with Crippen LogP contribution in [0.15, 0.2) is 66.5 Å². The van der Waals surface area contributed by atoms with Crippen molar-refractivity contribution in [1.29, 1.82) is 0 Å². The highest BCUT2D eigenvalue weighted by molar-refractivity contribution is 7.85. The summed E-state index contributed by atoms with van der Waals surface area (Å²) in [6.07, 6.45) is 10.5. The molecule has 0 unspecified atom stereocenters. The summed E-state index contributed by atoms with van der Waals surface area (Å²) in [6, 6.07) is 14.7. The predicted molar refractivity (Wildman–Crippen MR) is 176 cm³/mol. The maximum atomic E-state index is 11.5. The molecule has 3 aromatic rings. The molecule has 0 amide bonds. The van der Waals surface area contributed by atoms with E-state index >= 15 is 0 Å². The molecule has 13 heteroatoms. The fraction of sp³-hybridized carbons (Fsp3) is 0.258. The quantitative estimate of drug-likeness (QED) is 0.0490. The second kappa shape index (κ2) is 14.3. The van der Waals surface area contributed by atoms with Gasteiger partial charge < -0.3 is 10.6 Å². The number of halogens is 2. The SMILES string of the molecule is C=C[n+]1c(/C=C/C(=C/C=C2\N(C#CN)c3cc(Cl)c(COOC)cc3N2CCCS(=O)(=O)O)CC)n(C)c2cc(Cl)ccc21. The summed E-state index contributed by atoms with van der Waals surface area (Å²) in [5.41, 5.74) is 10.6. The Morgan fingerprint density at radius 1 is 1.23 bits per heavy atom. The zero-order valence-electron chi connectivity index (χ0n) is 24.6. The number of hydrogen-bond acceptors (Lipinski definition) is 7. The van der Waals surface area contributed by atoms with E-state index in [1.165, 1.54) is 7.11 Å². The second-order valence-corrected chi connectivity index (χ2v) is 12.2. The zero-order chi connectivity index (χ0) is 32.0. The Labute approximate surface area is 267 Å². The molecule has 2 aromatic carbocycles. The number of nitrogens with zero attached hydrogens (tertiary/aromatic N) is 4. The fourth-order valence-electron chi connectivity index (χ4n) is 4.99. The first-order chi connectivity index (χ1) is 21.0. The van der Waals surface area contributed by atoms with E-state index < -0.39 is 15.9 Å². The van der Waals surface area contributed by atoms with Gasteiger partial charge in [0.1, 0.15) is 12.4 Å². The van der Waals surface area contributed by atoms with E-state index in [0.29, 0.717) is 33.5 Å². The van der Waals surface area contributed by atoms with Gasteiger partial charge in [-0.2, -0.15) is 13.0 Å². The Hall–Kier alpha value is -3.76. The molecule has 0 fully saturated rings. The van der Waals surface area contributed by atoms with Crippen LogP contribution in [0.2, 0.25) is 10.0 Å². The lowest BCUT2D eigenvalue weighted by Crippen LogP contribution is -2.28. The molecule has 4 rings (SSSR count). The van der Waals surface area contributed by atoms with Crippen LogP contribution < -0.4 is 20.1 Å². The number of fused-ring (bicyclic) bond motifs is 2. The number of imidazole rings is 1. The standard InChI is InChI=1S/C31H33Cl2N5O5S/c1-5-22(8-12-30-35(3)27-19-24(32)10-11-26(27)36(30)6-2)9-13-31-37(15-7-17-44(39,40)41)28-18-23(21-43-42-4)25(33)20-29(28)38(31)16-14-34/h6,8-13,18-20H,2,5,7,15,17,21,34H2,1,3-4H3/p+1. The largest absolute Gasteiger partial charge is 0.358 e. The molecule has 0 saturated heterocycles. The van der Waals surface area contributed by atoms with Crippen molar-refractivity contribution in [3.63, 3.8) is 0 Å². The van der Waals surface area contributed by atoms with Crippen molar-refractivity contribution in [2.45, 2.75) is 26.4 Å². The molecule has 0 saturated carbocycles. The van der Waals surface area contributed by atoms with Crippen LogP contribution in [0.25, 0.3) is 23.3 Å². The molecule has 0 atom stereocenters. The van der Waals surface area contributed by atoms with Crippen molar-refractivity contribution in [3.05, 3.63) is 88.0 Å². The van der Waals surface area contributed by atoms with Crippen molar-refractivity contribution in [2.75, 3.05) is 29.2 Å². The highest BCUT2D eigenvalue weighted by Crippen LogP contribution is 2.44. The summed E-state index contributed by atoms with van der Waals surface area (Å²) in [6.45, 7) is 6.38. The van der Waals surface area contributed by atoms with Crippen LogP contribution in [0.4, 0.5) is 11.4 Å². The first-order valence-electron chi connectivity index (χ1n) is 13.7. The van der Waals surface area contributed by atoms with Crippen molar-refractivity contribution in [2.24, 2.45) is 12.8 Å². The van der Waals surface area contributed by atoms with Crippen molar-refractivity contribution in [3.8, 4) is 12.1 Å². The summed E-state index contributed by atoms with van der Waals surface area (Å²) in [7, 11) is -0.779. The van der Waals surface area contributed by atoms with Crippen LogP contribution >= 0.6 is 23.2 Å². The molecule has 3 N–H and O–H groups in total. The number of anilines is 2. The number of aromatic nitrogens is 2. The molecule has 2 heterocycles. The van der Waals surface area contributed by atoms with Gasteiger partial charge in [-0.3, -0.25) is 9.45 Å². The average Bonchev–Trinajstić information content (AvgIpc) is 3.40. The smallest absolute Gasteiger partial charge is 0.286 e. The zero-order valence-corrected chi connectivity index (χ0v) is 27.0. The third-order valence-corrected chi connectivity index (χ3v) is 8.50. The molecule has 1 aliphatic rings. The summed E-state index contributed by atoms with van der Waals surface area (Å²) >= 11 is 12.8. The Bertz CT molecular complexity index is 1840. The molecule has 1 aromatic heterocycles. The maximum Gasteiger partial charge on any atom is 0.286 e. The van der Waals surface area contributed by atoms with E-state index in [4.69, 9.17) is 38.7 Å². The highest BCUT2D eigenvalue weighted by Gasteiger charge is 2.32. The molecule has 1 aliphatic heterocycles. The Balaban J connectivity index is 1.77. The molecule has 44 heavy (non-hydrogen) atoms. The number of benzene rings is 2. The van der Waals surface area contributed by atoms with Gasteiger partial charge in [-0.1, -0.05) is 48.9 Å². The Morgan fingerprint density at radius 3 is 2.66 bits per heavy atom. The lowest BCUT2D eigenvalue weighted by molar-refractivity contribution is -0.541. The van der Waals surface area contributed by atoms with Crippen molar-refractivity contribution in [1.82, 2.24) is 4.57 Å². The number of hydrogen-bond donors (Lipinski definition) is 2. The number of nitrogens with two attached hydrogens (primary N) is 1. The van der Waals surface area contributed by atoms with Crippen LogP contribution in [0.1, 0.15) is 31.2 Å². The molecule has 0 bridgehead atoms. The maximum absolute atomic E-state index is 11.5. The van der Waals surface area contributed by atoms with Gasteiger partial charge in [0.25, 0.3) is 15.9 Å². The highest BCUT2D eigenvalue weighted by atomic mass is 35.5. The molecule has 0 radical (unpaired) electrons. The minimum atomic E-state index is -4.15. The molecule has 232 valence electrons. The van der Waals surface area contributed by atoms with Crippen LogP contribution in [0.3, 0.4) is 0 Å². The van der Waals surface area contributed by atoms with Crippen molar-refractivity contribution >= 4 is 68.0 Å². The molecule has 10 nitrogen and oxygen atoms in total. The van der Waals surface area contributed by atoms with E-state index in [9.17, 15) is 13.0 Å². The van der Waals surface area contributed by atoms with E-state index in [0.717, 1.165) is 28.1 Å². The Kier molecular flexibility index (Phi) is 10.8. The van der Waals surface area contributed by atoms with Gasteiger partial charge in [0.2, 0.25) is 0 Å². The Morgan fingerprint density at radius 2 is 2.00 bits per heavy atom. The lowest BCUT2D eigenvalue weighted by atomic mass is 10.1. The lowest BCUT2D eigenvalue weighted by Gasteiger charge is -2.22. The number of rotatable bonds is 12. The first kappa shape index (κ1) is 33.1. The van der Waals surface area contributed by atoms with Crippen LogP contribution in [0.5, 0.6) is 0 Å². The summed E-state index contributed by atoms with van der Waals surface area (Å²) in [5, 5.41) is 1.08. The summed E-state index contributed by atoms with van der Waals surface area (Å²) < 4.78 is 36.4. The van der Waals surface area contributed by atoms with E-state index in [2.05, 4.69) is 18.7 Å². The first-order valence-corrected chi connectivity index (χ1v) is 16.0. The predicted octanol–water partition coefficient (Wildman–Crippen LogP) is 5.62. The average molecular weight is 660 g/mol. The van der Waals surface area contributed by atoms with Gasteiger partial charge in [-0.15, -0.1) is 0 Å². The topological polar surface area (TPSA) is 114 Å². The molecule has 0 spiro atoms. The van der Waals surface area contributed by atoms with Gasteiger partial charge in [0.05, 0.1) is 37.5 Å². The van der Waals surface area contributed by atoms with Crippen LogP contribution in [-0.2, 0) is 33.5 Å². The van der Waals surface area contributed by atoms with Crippen molar-refractivity contribution < 1.29 is 27.3 Å². The van der Waals surface area contributed by atoms with E-state index in [1.54, 1.807) is 17.2 Å². The molecule has 0 aliphatic carbocycles. The normalized spacial score (nSPS) is 14.5. The van der Waals surface area contributed by atoms with Gasteiger partial charge in [0, 0.05) is 46.4 Å². The van der Waals surface area contributed by atoms with Gasteiger partial charge in [0.15, 0.2) is 11.0 Å². The molecular weight excluding hydrogens is 625 g/mol. The van der Waals surface area contributed by atoms with Crippen LogP contribution in [-0.4, -0.2) is 36.9 Å². The van der Waals surface area contributed by atoms with Gasteiger partial charge in [-0.05, 0) is 48.8 Å². The summed E-state index contributed by atoms with van der Waals surface area (Å²) in [4.78, 5) is 13.5. The fourth-order valence-corrected chi connectivity index (χ4v) is 5.87. The van der Waals surface area contributed by atoms with E-state index in [-0.39, 0.29) is 19.6 Å². The third kappa shape index (κ3) is 7.30. The second-order valence-electron chi connectivity index (χ2n) is 9.80. The minimum absolute atomic E-state index is 0.0961. The number of allylic oxidation sites excluding steroid dienone is 4. The third-order valence-electron chi connectivity index (χ3n) is 7.11. The number of aryl methyl sites for hydroxylation is 1. The monoisotopic (exact) mass is 658 g/mol. The van der Waals surface area contributed by atoms with E-state index in [1.807, 2.05) is 76.6 Å². The molecular formula is C31H34Cl2N5O5S+.